The van der Waals surface area contributed by atoms with Crippen molar-refractivity contribution in [3.05, 3.63) is 33.9 Å². The standard InChI is InChI=1S/C16H19N5O4S2/c1-10-4-5-11(7-13(10)21(23)24)18-14(22)9-26-16-20-19-15(27-16)17-8-12-3-2-6-25-12/h4-5,7,12H,2-3,6,8-9H2,1H3,(H,17,19)(H,18,22). The van der Waals surface area contributed by atoms with Crippen molar-refractivity contribution in [2.45, 2.75) is 30.2 Å². The monoisotopic (exact) mass is 409 g/mol. The maximum absolute atomic E-state index is 12.1. The molecule has 0 saturated carbocycles. The van der Waals surface area contributed by atoms with Gasteiger partial charge in [-0.15, -0.1) is 10.2 Å². The molecule has 1 aliphatic heterocycles. The molecule has 0 spiro atoms. The molecule has 2 aromatic rings. The lowest BCUT2D eigenvalue weighted by atomic mass is 10.2. The molecule has 1 aliphatic rings. The number of carbonyl (C=O) groups is 1. The number of aromatic nitrogens is 2. The van der Waals surface area contributed by atoms with Gasteiger partial charge in [-0.2, -0.15) is 0 Å². The summed E-state index contributed by atoms with van der Waals surface area (Å²) in [5.74, 6) is -0.121. The number of nitro benzene ring substituents is 1. The van der Waals surface area contributed by atoms with E-state index in [0.717, 1.165) is 19.4 Å². The van der Waals surface area contributed by atoms with Crippen molar-refractivity contribution in [3.8, 4) is 0 Å². The van der Waals surface area contributed by atoms with Gasteiger partial charge < -0.3 is 15.4 Å². The average Bonchev–Trinajstić information content (AvgIpc) is 3.31. The lowest BCUT2D eigenvalue weighted by Crippen LogP contribution is -2.18. The molecule has 1 aromatic carbocycles. The van der Waals surface area contributed by atoms with Gasteiger partial charge in [0, 0.05) is 30.5 Å². The molecular weight excluding hydrogens is 390 g/mol. The maximum Gasteiger partial charge on any atom is 0.274 e. The molecule has 1 fully saturated rings. The van der Waals surface area contributed by atoms with E-state index >= 15 is 0 Å². The number of thioether (sulfide) groups is 1. The summed E-state index contributed by atoms with van der Waals surface area (Å²) < 4.78 is 6.22. The highest BCUT2D eigenvalue weighted by Gasteiger charge is 2.16. The van der Waals surface area contributed by atoms with Crippen LogP contribution in [0.25, 0.3) is 0 Å². The predicted octanol–water partition coefficient (Wildman–Crippen LogP) is 3.08. The van der Waals surface area contributed by atoms with E-state index in [4.69, 9.17) is 4.74 Å². The van der Waals surface area contributed by atoms with Crippen molar-refractivity contribution in [2.75, 3.05) is 29.5 Å². The highest BCUT2D eigenvalue weighted by molar-refractivity contribution is 8.01. The van der Waals surface area contributed by atoms with Crippen molar-refractivity contribution in [1.29, 1.82) is 0 Å². The van der Waals surface area contributed by atoms with Gasteiger partial charge in [0.25, 0.3) is 5.69 Å². The number of amides is 1. The van der Waals surface area contributed by atoms with Crippen LogP contribution in [0.5, 0.6) is 0 Å². The predicted molar refractivity (Wildman–Crippen MR) is 105 cm³/mol. The first-order valence-corrected chi connectivity index (χ1v) is 10.2. The SMILES string of the molecule is Cc1ccc(NC(=O)CSc2nnc(NCC3CCCO3)s2)cc1[N+](=O)[O-]. The van der Waals surface area contributed by atoms with Crippen LogP contribution in [0.2, 0.25) is 0 Å². The number of carbonyl (C=O) groups excluding carboxylic acids is 1. The molecule has 0 radical (unpaired) electrons. The summed E-state index contributed by atoms with van der Waals surface area (Å²) in [6.45, 7) is 3.16. The molecule has 144 valence electrons. The van der Waals surface area contributed by atoms with Crippen LogP contribution in [0.3, 0.4) is 0 Å². The number of aryl methyl sites for hydroxylation is 1. The van der Waals surface area contributed by atoms with Crippen LogP contribution in [0.1, 0.15) is 18.4 Å². The molecule has 9 nitrogen and oxygen atoms in total. The molecule has 2 heterocycles. The quantitative estimate of drug-likeness (QED) is 0.388. The second kappa shape index (κ2) is 9.11. The molecule has 1 atom stereocenters. The Bertz CT molecular complexity index is 823. The number of benzene rings is 1. The van der Waals surface area contributed by atoms with Gasteiger partial charge >= 0.3 is 0 Å². The first-order chi connectivity index (χ1) is 13.0. The molecule has 0 aliphatic carbocycles. The highest BCUT2D eigenvalue weighted by Crippen LogP contribution is 2.27. The first-order valence-electron chi connectivity index (χ1n) is 8.38. The zero-order valence-corrected chi connectivity index (χ0v) is 16.3. The van der Waals surface area contributed by atoms with Crippen LogP contribution < -0.4 is 10.6 Å². The van der Waals surface area contributed by atoms with Gasteiger partial charge in [0.2, 0.25) is 11.0 Å². The third-order valence-corrected chi connectivity index (χ3v) is 5.94. The minimum atomic E-state index is -0.466. The second-order valence-corrected chi connectivity index (χ2v) is 8.18. The minimum absolute atomic E-state index is 0.0217. The van der Waals surface area contributed by atoms with E-state index in [-0.39, 0.29) is 23.5 Å². The van der Waals surface area contributed by atoms with E-state index in [2.05, 4.69) is 20.8 Å². The zero-order chi connectivity index (χ0) is 19.2. The summed E-state index contributed by atoms with van der Waals surface area (Å²) in [5.41, 5.74) is 0.921. The number of hydrogen-bond donors (Lipinski definition) is 2. The van der Waals surface area contributed by atoms with Gasteiger partial charge in [0.15, 0.2) is 4.34 Å². The van der Waals surface area contributed by atoms with E-state index < -0.39 is 4.92 Å². The van der Waals surface area contributed by atoms with Gasteiger partial charge in [-0.25, -0.2) is 0 Å². The minimum Gasteiger partial charge on any atom is -0.376 e. The topological polar surface area (TPSA) is 119 Å². The number of anilines is 2. The van der Waals surface area contributed by atoms with E-state index in [1.165, 1.54) is 29.2 Å². The van der Waals surface area contributed by atoms with Crippen molar-refractivity contribution < 1.29 is 14.5 Å². The molecule has 1 unspecified atom stereocenters. The van der Waals surface area contributed by atoms with Crippen LogP contribution in [0, 0.1) is 17.0 Å². The summed E-state index contributed by atoms with van der Waals surface area (Å²) in [4.78, 5) is 22.6. The molecule has 1 saturated heterocycles. The van der Waals surface area contributed by atoms with Crippen LogP contribution >= 0.6 is 23.1 Å². The van der Waals surface area contributed by atoms with Gasteiger partial charge in [-0.1, -0.05) is 29.2 Å². The molecule has 3 rings (SSSR count). The zero-order valence-electron chi connectivity index (χ0n) is 14.6. The van der Waals surface area contributed by atoms with Crippen molar-refractivity contribution in [2.24, 2.45) is 0 Å². The number of nitro groups is 1. The van der Waals surface area contributed by atoms with Crippen molar-refractivity contribution in [1.82, 2.24) is 10.2 Å². The third-order valence-electron chi connectivity index (χ3n) is 3.93. The van der Waals surface area contributed by atoms with Gasteiger partial charge in [0.05, 0.1) is 16.8 Å². The fourth-order valence-electron chi connectivity index (χ4n) is 2.55. The summed E-state index contributed by atoms with van der Waals surface area (Å²) in [7, 11) is 0. The van der Waals surface area contributed by atoms with Crippen molar-refractivity contribution in [3.63, 3.8) is 0 Å². The molecular formula is C16H19N5O4S2. The molecule has 11 heteroatoms. The van der Waals surface area contributed by atoms with Gasteiger partial charge in [-0.05, 0) is 25.8 Å². The number of rotatable bonds is 8. The lowest BCUT2D eigenvalue weighted by molar-refractivity contribution is -0.385. The molecule has 27 heavy (non-hydrogen) atoms. The number of hydrogen-bond acceptors (Lipinski definition) is 9. The first kappa shape index (κ1) is 19.5. The summed E-state index contributed by atoms with van der Waals surface area (Å²) in [6, 6.07) is 4.61. The van der Waals surface area contributed by atoms with Crippen LogP contribution in [-0.2, 0) is 9.53 Å². The Morgan fingerprint density at radius 3 is 3.07 bits per heavy atom. The van der Waals surface area contributed by atoms with Gasteiger partial charge in [-0.3, -0.25) is 14.9 Å². The lowest BCUT2D eigenvalue weighted by Gasteiger charge is -2.08. The number of ether oxygens (including phenoxy) is 1. The maximum atomic E-state index is 12.1. The van der Waals surface area contributed by atoms with Crippen molar-refractivity contribution >= 4 is 45.5 Å². The fraction of sp³-hybridized carbons (Fsp3) is 0.438. The number of nitrogens with zero attached hydrogens (tertiary/aromatic N) is 3. The Morgan fingerprint density at radius 1 is 1.48 bits per heavy atom. The second-order valence-electron chi connectivity index (χ2n) is 5.98. The normalized spacial score (nSPS) is 16.3. The Morgan fingerprint density at radius 2 is 2.33 bits per heavy atom. The highest BCUT2D eigenvalue weighted by atomic mass is 32.2. The smallest absolute Gasteiger partial charge is 0.274 e. The molecule has 1 amide bonds. The Labute approximate surface area is 164 Å². The average molecular weight is 409 g/mol. The summed E-state index contributed by atoms with van der Waals surface area (Å²) in [5, 5.41) is 25.6. The third kappa shape index (κ3) is 5.62. The molecule has 0 bridgehead atoms. The van der Waals surface area contributed by atoms with Crippen LogP contribution in [0.4, 0.5) is 16.5 Å². The summed E-state index contributed by atoms with van der Waals surface area (Å²) >= 11 is 2.65. The fourth-order valence-corrected chi connectivity index (χ4v) is 4.11. The van der Waals surface area contributed by atoms with Crippen LogP contribution in [-0.4, -0.2) is 46.0 Å². The van der Waals surface area contributed by atoms with Gasteiger partial charge in [0.1, 0.15) is 0 Å². The van der Waals surface area contributed by atoms with E-state index in [1.54, 1.807) is 19.1 Å². The Kier molecular flexibility index (Phi) is 6.58. The van der Waals surface area contributed by atoms with E-state index in [1.807, 2.05) is 0 Å². The molecule has 2 N–H and O–H groups in total. The van der Waals surface area contributed by atoms with E-state index in [0.29, 0.717) is 27.3 Å². The molecule has 1 aromatic heterocycles. The summed E-state index contributed by atoms with van der Waals surface area (Å²) in [6.07, 6.45) is 2.35. The number of nitrogens with one attached hydrogen (secondary N) is 2. The Balaban J connectivity index is 1.46. The Hall–Kier alpha value is -2.24. The van der Waals surface area contributed by atoms with E-state index in [9.17, 15) is 14.9 Å². The van der Waals surface area contributed by atoms with Crippen LogP contribution in [0.15, 0.2) is 22.5 Å². The largest absolute Gasteiger partial charge is 0.376 e.